The van der Waals surface area contributed by atoms with Crippen molar-refractivity contribution in [3.8, 4) is 0 Å². The number of carbonyl (C=O) groups excluding carboxylic acids is 1. The fourth-order valence-electron chi connectivity index (χ4n) is 1.22. The zero-order valence-corrected chi connectivity index (χ0v) is 9.57. The molecule has 0 saturated heterocycles. The van der Waals surface area contributed by atoms with Crippen LogP contribution in [0, 0.1) is 0 Å². The quantitative estimate of drug-likeness (QED) is 0.483. The number of carbonyl (C=O) groups is 1. The van der Waals surface area contributed by atoms with Gasteiger partial charge in [-0.05, 0) is 19.1 Å². The highest BCUT2D eigenvalue weighted by atomic mass is 32.1. The van der Waals surface area contributed by atoms with Crippen LogP contribution >= 0.6 is 12.6 Å². The SMILES string of the molecule is CCCCCC(C)NC(=O)CCS. The van der Waals surface area contributed by atoms with Gasteiger partial charge in [0.2, 0.25) is 5.91 Å². The van der Waals surface area contributed by atoms with E-state index in [0.717, 1.165) is 6.42 Å². The third kappa shape index (κ3) is 8.16. The van der Waals surface area contributed by atoms with Crippen molar-refractivity contribution in [2.24, 2.45) is 0 Å². The normalized spacial score (nSPS) is 12.5. The molecular formula is C10H21NOS. The van der Waals surface area contributed by atoms with Crippen molar-refractivity contribution in [1.29, 1.82) is 0 Å². The first-order valence-corrected chi connectivity index (χ1v) is 5.74. The Labute approximate surface area is 86.9 Å². The van der Waals surface area contributed by atoms with Gasteiger partial charge < -0.3 is 5.32 Å². The summed E-state index contributed by atoms with van der Waals surface area (Å²) in [5.74, 6) is 0.757. The standard InChI is InChI=1S/C10H21NOS/c1-3-4-5-6-9(2)11-10(12)7-8-13/h9,13H,3-8H2,1-2H3,(H,11,12). The molecule has 0 fully saturated rings. The zero-order chi connectivity index (χ0) is 10.1. The number of nitrogens with one attached hydrogen (secondary N) is 1. The third-order valence-electron chi connectivity index (χ3n) is 1.99. The molecule has 0 aliphatic heterocycles. The van der Waals surface area contributed by atoms with Crippen molar-refractivity contribution in [3.63, 3.8) is 0 Å². The van der Waals surface area contributed by atoms with Crippen LogP contribution in [0.5, 0.6) is 0 Å². The van der Waals surface area contributed by atoms with Gasteiger partial charge in [-0.3, -0.25) is 4.79 Å². The highest BCUT2D eigenvalue weighted by molar-refractivity contribution is 7.80. The summed E-state index contributed by atoms with van der Waals surface area (Å²) in [5, 5.41) is 2.95. The minimum absolute atomic E-state index is 0.124. The fourth-order valence-corrected chi connectivity index (χ4v) is 1.42. The van der Waals surface area contributed by atoms with Gasteiger partial charge in [-0.25, -0.2) is 0 Å². The Balaban J connectivity index is 3.38. The van der Waals surface area contributed by atoms with Crippen LogP contribution in [0.15, 0.2) is 0 Å². The van der Waals surface area contributed by atoms with Gasteiger partial charge in [-0.15, -0.1) is 0 Å². The van der Waals surface area contributed by atoms with Crippen LogP contribution in [0.1, 0.15) is 46.0 Å². The molecule has 0 rings (SSSR count). The number of hydrogen-bond acceptors (Lipinski definition) is 2. The van der Waals surface area contributed by atoms with E-state index in [-0.39, 0.29) is 5.91 Å². The Hall–Kier alpha value is -0.180. The van der Waals surface area contributed by atoms with Gasteiger partial charge in [0.1, 0.15) is 0 Å². The molecule has 78 valence electrons. The van der Waals surface area contributed by atoms with E-state index in [1.54, 1.807) is 0 Å². The molecule has 13 heavy (non-hydrogen) atoms. The topological polar surface area (TPSA) is 29.1 Å². The van der Waals surface area contributed by atoms with Crippen LogP contribution in [0.2, 0.25) is 0 Å². The monoisotopic (exact) mass is 203 g/mol. The largest absolute Gasteiger partial charge is 0.354 e. The van der Waals surface area contributed by atoms with Gasteiger partial charge >= 0.3 is 0 Å². The number of amides is 1. The highest BCUT2D eigenvalue weighted by Gasteiger charge is 2.05. The van der Waals surface area contributed by atoms with Crippen LogP contribution in [0.3, 0.4) is 0 Å². The predicted molar refractivity (Wildman–Crippen MR) is 60.2 cm³/mol. The molecule has 0 aromatic rings. The highest BCUT2D eigenvalue weighted by Crippen LogP contribution is 2.02. The summed E-state index contributed by atoms with van der Waals surface area (Å²) in [5.41, 5.74) is 0. The van der Waals surface area contributed by atoms with Gasteiger partial charge in [0, 0.05) is 12.5 Å². The molecule has 1 atom stereocenters. The lowest BCUT2D eigenvalue weighted by atomic mass is 10.1. The van der Waals surface area contributed by atoms with Crippen molar-refractivity contribution in [2.45, 2.75) is 52.0 Å². The maximum absolute atomic E-state index is 11.1. The van der Waals surface area contributed by atoms with Crippen LogP contribution in [-0.4, -0.2) is 17.7 Å². The van der Waals surface area contributed by atoms with Crippen molar-refractivity contribution in [1.82, 2.24) is 5.32 Å². The van der Waals surface area contributed by atoms with Crippen molar-refractivity contribution >= 4 is 18.5 Å². The molecule has 3 heteroatoms. The number of rotatable bonds is 7. The molecule has 2 nitrogen and oxygen atoms in total. The first-order valence-electron chi connectivity index (χ1n) is 5.11. The first-order chi connectivity index (χ1) is 6.20. The lowest BCUT2D eigenvalue weighted by molar-refractivity contribution is -0.121. The minimum Gasteiger partial charge on any atom is -0.354 e. The van der Waals surface area contributed by atoms with E-state index in [1.807, 2.05) is 0 Å². The Morgan fingerprint density at radius 1 is 1.46 bits per heavy atom. The fraction of sp³-hybridized carbons (Fsp3) is 0.900. The summed E-state index contributed by atoms with van der Waals surface area (Å²) in [7, 11) is 0. The van der Waals surface area contributed by atoms with Crippen LogP contribution in [0.4, 0.5) is 0 Å². The Kier molecular flexibility index (Phi) is 8.30. The van der Waals surface area contributed by atoms with Gasteiger partial charge in [0.15, 0.2) is 0 Å². The number of hydrogen-bond donors (Lipinski definition) is 2. The van der Waals surface area contributed by atoms with Crippen LogP contribution in [-0.2, 0) is 4.79 Å². The second-order valence-electron chi connectivity index (χ2n) is 3.44. The summed E-state index contributed by atoms with van der Waals surface area (Å²) in [6.07, 6.45) is 5.32. The van der Waals surface area contributed by atoms with Crippen molar-refractivity contribution in [3.05, 3.63) is 0 Å². The smallest absolute Gasteiger partial charge is 0.221 e. The molecule has 0 aliphatic carbocycles. The van der Waals surface area contributed by atoms with Crippen molar-refractivity contribution < 1.29 is 4.79 Å². The molecule has 1 amide bonds. The molecule has 0 aromatic carbocycles. The van der Waals surface area contributed by atoms with E-state index in [1.165, 1.54) is 19.3 Å². The molecule has 1 unspecified atom stereocenters. The third-order valence-corrected chi connectivity index (χ3v) is 2.21. The second-order valence-corrected chi connectivity index (χ2v) is 3.89. The Morgan fingerprint density at radius 2 is 2.15 bits per heavy atom. The second kappa shape index (κ2) is 8.42. The van der Waals surface area contributed by atoms with Gasteiger partial charge in [0.25, 0.3) is 0 Å². The molecule has 1 N–H and O–H groups in total. The molecule has 0 aromatic heterocycles. The molecule has 0 radical (unpaired) electrons. The molecule has 0 heterocycles. The molecular weight excluding hydrogens is 182 g/mol. The van der Waals surface area contributed by atoms with Gasteiger partial charge in [-0.1, -0.05) is 26.2 Å². The maximum Gasteiger partial charge on any atom is 0.221 e. The summed E-state index contributed by atoms with van der Waals surface area (Å²) >= 11 is 4.01. The van der Waals surface area contributed by atoms with E-state index in [9.17, 15) is 4.79 Å². The summed E-state index contributed by atoms with van der Waals surface area (Å²) in [6.45, 7) is 4.25. The van der Waals surface area contributed by atoms with Crippen LogP contribution in [0.25, 0.3) is 0 Å². The molecule has 0 bridgehead atoms. The average Bonchev–Trinajstić information content (AvgIpc) is 2.05. The predicted octanol–water partition coefficient (Wildman–Crippen LogP) is 2.39. The van der Waals surface area contributed by atoms with E-state index < -0.39 is 0 Å². The number of unbranched alkanes of at least 4 members (excludes halogenated alkanes) is 2. The summed E-state index contributed by atoms with van der Waals surface area (Å²) in [6, 6.07) is 0.318. The summed E-state index contributed by atoms with van der Waals surface area (Å²) in [4.78, 5) is 11.1. The lowest BCUT2D eigenvalue weighted by Crippen LogP contribution is -2.32. The Bertz CT molecular complexity index is 139. The van der Waals surface area contributed by atoms with Gasteiger partial charge in [-0.2, -0.15) is 12.6 Å². The maximum atomic E-state index is 11.1. The number of thiol groups is 1. The van der Waals surface area contributed by atoms with E-state index in [4.69, 9.17) is 0 Å². The molecule has 0 spiro atoms. The van der Waals surface area contributed by atoms with E-state index >= 15 is 0 Å². The first kappa shape index (κ1) is 12.8. The average molecular weight is 203 g/mol. The molecule has 0 saturated carbocycles. The Morgan fingerprint density at radius 3 is 2.69 bits per heavy atom. The summed E-state index contributed by atoms with van der Waals surface area (Å²) < 4.78 is 0. The van der Waals surface area contributed by atoms with Crippen molar-refractivity contribution in [2.75, 3.05) is 5.75 Å². The molecule has 0 aliphatic rings. The van der Waals surface area contributed by atoms with Gasteiger partial charge in [0.05, 0.1) is 0 Å². The zero-order valence-electron chi connectivity index (χ0n) is 8.68. The van der Waals surface area contributed by atoms with Crippen LogP contribution < -0.4 is 5.32 Å². The minimum atomic E-state index is 0.124. The van der Waals surface area contributed by atoms with E-state index in [2.05, 4.69) is 31.8 Å². The lowest BCUT2D eigenvalue weighted by Gasteiger charge is -2.12. The van der Waals surface area contributed by atoms with E-state index in [0.29, 0.717) is 18.2 Å².